The Morgan fingerprint density at radius 3 is 2.12 bits per heavy atom. The van der Waals surface area contributed by atoms with Gasteiger partial charge in [0.05, 0.1) is 23.5 Å². The Kier molecular flexibility index (Phi) is 5.61. The molecule has 0 spiro atoms. The molecule has 138 valence electrons. The van der Waals surface area contributed by atoms with Gasteiger partial charge in [0.2, 0.25) is 0 Å². The molecule has 8 nitrogen and oxygen atoms in total. The van der Waals surface area contributed by atoms with Crippen molar-refractivity contribution in [2.45, 2.75) is 26.9 Å². The van der Waals surface area contributed by atoms with Gasteiger partial charge in [-0.1, -0.05) is 0 Å². The maximum Gasteiger partial charge on any atom is 0.471 e. The predicted octanol–water partition coefficient (Wildman–Crippen LogP) is 3.06. The van der Waals surface area contributed by atoms with Crippen molar-refractivity contribution in [3.8, 4) is 11.5 Å². The number of hydrogen-bond acceptors (Lipinski definition) is 6. The number of nitro groups is 1. The number of carbonyl (C=O) groups excluding carboxylic acids is 2. The average molecular weight is 364 g/mol. The summed E-state index contributed by atoms with van der Waals surface area (Å²) in [5, 5.41) is 12.4. The number of hydrogen-bond donors (Lipinski definition) is 1. The van der Waals surface area contributed by atoms with E-state index in [0.717, 1.165) is 19.2 Å². The lowest BCUT2D eigenvalue weighted by Gasteiger charge is -2.18. The summed E-state index contributed by atoms with van der Waals surface area (Å²) in [7, 11) is 1.13. The fourth-order valence-electron chi connectivity index (χ4n) is 1.49. The summed E-state index contributed by atoms with van der Waals surface area (Å²) in [5.74, 6) is -3.79. The fraction of sp³-hybridized carbons (Fsp3) is 0.429. The van der Waals surface area contributed by atoms with Gasteiger partial charge in [0.1, 0.15) is 5.69 Å². The largest absolute Gasteiger partial charge is 0.493 e. The predicted molar refractivity (Wildman–Crippen MR) is 79.4 cm³/mol. The van der Waals surface area contributed by atoms with E-state index in [1.165, 1.54) is 26.1 Å². The molecule has 0 saturated carbocycles. The van der Waals surface area contributed by atoms with Crippen molar-refractivity contribution >= 4 is 23.3 Å². The van der Waals surface area contributed by atoms with Crippen LogP contribution in [0.4, 0.5) is 24.5 Å². The molecular weight excluding hydrogens is 349 g/mol. The molecule has 0 heterocycles. The van der Waals surface area contributed by atoms with Crippen LogP contribution in [-0.4, -0.2) is 30.1 Å². The summed E-state index contributed by atoms with van der Waals surface area (Å²) in [6.07, 6.45) is -5.25. The van der Waals surface area contributed by atoms with E-state index in [1.54, 1.807) is 0 Å². The molecule has 0 radical (unpaired) electrons. The van der Waals surface area contributed by atoms with Gasteiger partial charge < -0.3 is 14.8 Å². The number of amides is 1. The Balaban J connectivity index is 3.39. The van der Waals surface area contributed by atoms with Crippen LogP contribution in [0, 0.1) is 15.5 Å². The van der Waals surface area contributed by atoms with Gasteiger partial charge in [-0.05, 0) is 20.8 Å². The van der Waals surface area contributed by atoms with Crippen molar-refractivity contribution in [2.24, 2.45) is 5.41 Å². The van der Waals surface area contributed by atoms with Crippen LogP contribution in [0.2, 0.25) is 0 Å². The van der Waals surface area contributed by atoms with E-state index < -0.39 is 39.8 Å². The Bertz CT molecular complexity index is 710. The minimum atomic E-state index is -5.25. The zero-order chi connectivity index (χ0) is 19.6. The zero-order valence-corrected chi connectivity index (χ0v) is 13.7. The molecule has 0 saturated heterocycles. The second kappa shape index (κ2) is 6.95. The Morgan fingerprint density at radius 1 is 1.16 bits per heavy atom. The normalized spacial score (nSPS) is 11.6. The molecule has 0 aliphatic rings. The molecule has 0 aromatic heterocycles. The lowest BCUT2D eigenvalue weighted by atomic mass is 9.97. The first-order valence-electron chi connectivity index (χ1n) is 6.74. The molecule has 11 heteroatoms. The van der Waals surface area contributed by atoms with Gasteiger partial charge >= 0.3 is 18.1 Å². The third kappa shape index (κ3) is 5.06. The van der Waals surface area contributed by atoms with Gasteiger partial charge in [0.15, 0.2) is 11.5 Å². The number of halogens is 3. The van der Waals surface area contributed by atoms with Crippen LogP contribution < -0.4 is 14.8 Å². The van der Waals surface area contributed by atoms with Gasteiger partial charge in [0.25, 0.3) is 5.69 Å². The number of methoxy groups -OCH3 is 1. The molecule has 1 aromatic rings. The van der Waals surface area contributed by atoms with Crippen LogP contribution in [0.25, 0.3) is 0 Å². The summed E-state index contributed by atoms with van der Waals surface area (Å²) in [6, 6.07) is 1.47. The van der Waals surface area contributed by atoms with Crippen molar-refractivity contribution in [3.63, 3.8) is 0 Å². The number of ether oxygens (including phenoxy) is 2. The molecule has 0 aliphatic carbocycles. The molecule has 1 amide bonds. The number of carbonyl (C=O) groups is 2. The van der Waals surface area contributed by atoms with Crippen LogP contribution in [-0.2, 0) is 9.59 Å². The smallest absolute Gasteiger partial charge is 0.471 e. The van der Waals surface area contributed by atoms with Crippen LogP contribution >= 0.6 is 0 Å². The lowest BCUT2D eigenvalue weighted by Crippen LogP contribution is -2.30. The first kappa shape index (κ1) is 20.2. The number of rotatable bonds is 4. The van der Waals surface area contributed by atoms with Crippen molar-refractivity contribution in [2.75, 3.05) is 12.4 Å². The second-order valence-electron chi connectivity index (χ2n) is 5.87. The minimum absolute atomic E-state index is 0.255. The quantitative estimate of drug-likeness (QED) is 0.381. The molecule has 1 rings (SSSR count). The molecule has 1 aromatic carbocycles. The summed E-state index contributed by atoms with van der Waals surface area (Å²) in [6.45, 7) is 4.58. The first-order valence-corrected chi connectivity index (χ1v) is 6.74. The van der Waals surface area contributed by atoms with Gasteiger partial charge in [-0.3, -0.25) is 19.7 Å². The molecular formula is C14H15F3N2O6. The van der Waals surface area contributed by atoms with Crippen LogP contribution in [0.5, 0.6) is 11.5 Å². The van der Waals surface area contributed by atoms with Crippen molar-refractivity contribution in [3.05, 3.63) is 22.2 Å². The third-order valence-electron chi connectivity index (χ3n) is 2.80. The number of esters is 1. The van der Waals surface area contributed by atoms with E-state index in [1.807, 2.05) is 0 Å². The molecule has 25 heavy (non-hydrogen) atoms. The van der Waals surface area contributed by atoms with E-state index >= 15 is 0 Å². The van der Waals surface area contributed by atoms with E-state index in [2.05, 4.69) is 0 Å². The number of anilines is 1. The van der Waals surface area contributed by atoms with E-state index in [-0.39, 0.29) is 11.5 Å². The zero-order valence-electron chi connectivity index (χ0n) is 13.7. The molecule has 0 aliphatic heterocycles. The summed E-state index contributed by atoms with van der Waals surface area (Å²) in [4.78, 5) is 33.0. The maximum absolute atomic E-state index is 12.4. The molecule has 1 N–H and O–H groups in total. The SMILES string of the molecule is COc1cc([N+](=O)[O-])c(NC(=O)C(F)(F)F)cc1OC(=O)C(C)(C)C. The number of nitrogens with one attached hydrogen (secondary N) is 1. The van der Waals surface area contributed by atoms with Gasteiger partial charge in [-0.15, -0.1) is 0 Å². The first-order chi connectivity index (χ1) is 11.3. The third-order valence-corrected chi connectivity index (χ3v) is 2.80. The molecule has 0 unspecified atom stereocenters. The minimum Gasteiger partial charge on any atom is -0.493 e. The standard InChI is InChI=1S/C14H15F3N2O6/c1-13(2,3)12(21)25-10-5-7(18-11(20)14(15,16)17)8(19(22)23)6-9(10)24-4/h5-6H,1-4H3,(H,18,20). The highest BCUT2D eigenvalue weighted by atomic mass is 19.4. The highest BCUT2D eigenvalue weighted by Crippen LogP contribution is 2.39. The highest BCUT2D eigenvalue weighted by Gasteiger charge is 2.40. The number of alkyl halides is 3. The molecule has 0 fully saturated rings. The monoisotopic (exact) mass is 364 g/mol. The second-order valence-corrected chi connectivity index (χ2v) is 5.87. The van der Waals surface area contributed by atoms with Crippen LogP contribution in [0.15, 0.2) is 12.1 Å². The topological polar surface area (TPSA) is 108 Å². The van der Waals surface area contributed by atoms with Gasteiger partial charge in [0, 0.05) is 6.07 Å². The molecule has 0 bridgehead atoms. The lowest BCUT2D eigenvalue weighted by molar-refractivity contribution is -0.384. The van der Waals surface area contributed by atoms with Crippen molar-refractivity contribution < 1.29 is 37.2 Å². The number of nitrogens with zero attached hydrogens (tertiary/aromatic N) is 1. The average Bonchev–Trinajstić information content (AvgIpc) is 2.45. The molecule has 0 atom stereocenters. The fourth-order valence-corrected chi connectivity index (χ4v) is 1.49. The van der Waals surface area contributed by atoms with Crippen molar-refractivity contribution in [1.82, 2.24) is 0 Å². The summed E-state index contributed by atoms with van der Waals surface area (Å²) < 4.78 is 47.0. The number of nitro benzene ring substituents is 1. The Morgan fingerprint density at radius 2 is 1.72 bits per heavy atom. The Hall–Kier alpha value is -2.85. The van der Waals surface area contributed by atoms with E-state index in [4.69, 9.17) is 9.47 Å². The van der Waals surface area contributed by atoms with Crippen molar-refractivity contribution in [1.29, 1.82) is 0 Å². The summed E-state index contributed by atoms with van der Waals surface area (Å²) >= 11 is 0. The van der Waals surface area contributed by atoms with Gasteiger partial charge in [-0.25, -0.2) is 0 Å². The summed E-state index contributed by atoms with van der Waals surface area (Å²) in [5.41, 5.74) is -2.60. The highest BCUT2D eigenvalue weighted by molar-refractivity contribution is 5.97. The maximum atomic E-state index is 12.4. The Labute approximate surface area is 140 Å². The van der Waals surface area contributed by atoms with E-state index in [0.29, 0.717) is 0 Å². The number of benzene rings is 1. The van der Waals surface area contributed by atoms with Gasteiger partial charge in [-0.2, -0.15) is 13.2 Å². The van der Waals surface area contributed by atoms with Crippen LogP contribution in [0.3, 0.4) is 0 Å². The van der Waals surface area contributed by atoms with Crippen LogP contribution in [0.1, 0.15) is 20.8 Å². The van der Waals surface area contributed by atoms with E-state index in [9.17, 15) is 32.9 Å².